The molecule has 0 aliphatic carbocycles. The first-order chi connectivity index (χ1) is 10.4. The fraction of sp³-hybridized carbons (Fsp3) is 0.714. The Balaban J connectivity index is 2.67. The van der Waals surface area contributed by atoms with E-state index in [2.05, 4.69) is 17.2 Å². The number of rotatable bonds is 10. The quantitative estimate of drug-likeness (QED) is 0.658. The normalized spacial score (nSPS) is 11.8. The lowest BCUT2D eigenvalue weighted by atomic mass is 10.3. The Morgan fingerprint density at radius 2 is 2.00 bits per heavy atom. The third kappa shape index (κ3) is 6.41. The van der Waals surface area contributed by atoms with E-state index in [1.165, 1.54) is 21.9 Å². The van der Waals surface area contributed by atoms with Gasteiger partial charge in [-0.3, -0.25) is 4.79 Å². The number of sulfonamides is 1. The molecule has 1 aromatic rings. The zero-order valence-electron chi connectivity index (χ0n) is 13.5. The molecule has 22 heavy (non-hydrogen) atoms. The summed E-state index contributed by atoms with van der Waals surface area (Å²) in [6.07, 6.45) is 4.89. The van der Waals surface area contributed by atoms with E-state index >= 15 is 0 Å². The van der Waals surface area contributed by atoms with Gasteiger partial charge in [-0.1, -0.05) is 26.7 Å². The second-order valence-corrected chi connectivity index (χ2v) is 8.11. The number of hydrogen-bond acceptors (Lipinski definition) is 5. The maximum Gasteiger partial charge on any atom is 0.270 e. The Kier molecular flexibility index (Phi) is 7.98. The lowest BCUT2D eigenvalue weighted by molar-refractivity contribution is 0.0948. The first kappa shape index (κ1) is 19.1. The molecule has 0 saturated heterocycles. The molecular weight excluding hydrogens is 322 g/mol. The number of aromatic nitrogens is 1. The van der Waals surface area contributed by atoms with Crippen LogP contribution < -0.4 is 5.32 Å². The average Bonchev–Trinajstić information content (AvgIpc) is 2.91. The number of thiazole rings is 1. The van der Waals surface area contributed by atoms with E-state index < -0.39 is 10.0 Å². The highest BCUT2D eigenvalue weighted by Gasteiger charge is 2.19. The smallest absolute Gasteiger partial charge is 0.270 e. The van der Waals surface area contributed by atoms with Crippen LogP contribution in [0.2, 0.25) is 0 Å². The summed E-state index contributed by atoms with van der Waals surface area (Å²) in [7, 11) is -3.26. The van der Waals surface area contributed by atoms with Gasteiger partial charge >= 0.3 is 0 Å². The van der Waals surface area contributed by atoms with E-state index in [-0.39, 0.29) is 12.5 Å². The van der Waals surface area contributed by atoms with Crippen molar-refractivity contribution >= 4 is 27.3 Å². The number of nitrogens with zero attached hydrogens (tertiary/aromatic N) is 2. The van der Waals surface area contributed by atoms with E-state index in [0.29, 0.717) is 23.8 Å². The highest BCUT2D eigenvalue weighted by Crippen LogP contribution is 2.15. The van der Waals surface area contributed by atoms with Crippen molar-refractivity contribution in [3.8, 4) is 0 Å². The molecule has 0 bridgehead atoms. The van der Waals surface area contributed by atoms with Crippen molar-refractivity contribution in [1.82, 2.24) is 14.6 Å². The van der Waals surface area contributed by atoms with Gasteiger partial charge < -0.3 is 5.32 Å². The molecule has 0 saturated carbocycles. The summed E-state index contributed by atoms with van der Waals surface area (Å²) in [4.78, 5) is 16.1. The van der Waals surface area contributed by atoms with Gasteiger partial charge in [-0.15, -0.1) is 11.3 Å². The van der Waals surface area contributed by atoms with Crippen LogP contribution in [0.25, 0.3) is 0 Å². The fourth-order valence-electron chi connectivity index (χ4n) is 1.80. The highest BCUT2D eigenvalue weighted by molar-refractivity contribution is 7.88. The molecule has 1 heterocycles. The number of unbranched alkanes of at least 4 members (excludes halogenated alkanes) is 2. The summed E-state index contributed by atoms with van der Waals surface area (Å²) in [6.45, 7) is 5.42. The third-order valence-electron chi connectivity index (χ3n) is 3.14. The van der Waals surface area contributed by atoms with Gasteiger partial charge in [-0.25, -0.2) is 13.4 Å². The third-order valence-corrected chi connectivity index (χ3v) is 5.23. The van der Waals surface area contributed by atoms with Crippen LogP contribution >= 0.6 is 11.3 Å². The molecule has 0 aliphatic heterocycles. The van der Waals surface area contributed by atoms with Gasteiger partial charge in [-0.2, -0.15) is 4.31 Å². The van der Waals surface area contributed by atoms with E-state index in [1.54, 1.807) is 5.38 Å². The monoisotopic (exact) mass is 347 g/mol. The van der Waals surface area contributed by atoms with Crippen LogP contribution in [0.4, 0.5) is 0 Å². The van der Waals surface area contributed by atoms with E-state index in [0.717, 1.165) is 25.7 Å². The maximum absolute atomic E-state index is 11.9. The molecule has 0 fully saturated rings. The van der Waals surface area contributed by atoms with Crippen LogP contribution in [-0.4, -0.2) is 43.0 Å². The largest absolute Gasteiger partial charge is 0.351 e. The van der Waals surface area contributed by atoms with Gasteiger partial charge in [0.05, 0.1) is 12.8 Å². The molecule has 126 valence electrons. The van der Waals surface area contributed by atoms with Crippen molar-refractivity contribution in [3.63, 3.8) is 0 Å². The van der Waals surface area contributed by atoms with Gasteiger partial charge in [-0.05, 0) is 12.8 Å². The van der Waals surface area contributed by atoms with Crippen molar-refractivity contribution in [3.05, 3.63) is 16.1 Å². The molecule has 1 amide bonds. The molecular formula is C14H25N3O3S2. The van der Waals surface area contributed by atoms with Crippen molar-refractivity contribution in [2.75, 3.05) is 19.3 Å². The molecule has 1 rings (SSSR count). The SMILES string of the molecule is CCCCNC(=O)c1csc(CN(CCCC)S(C)(=O)=O)n1. The first-order valence-corrected chi connectivity index (χ1v) is 10.3. The number of nitrogens with one attached hydrogen (secondary N) is 1. The summed E-state index contributed by atoms with van der Waals surface area (Å²) < 4.78 is 25.0. The average molecular weight is 348 g/mol. The molecule has 6 nitrogen and oxygen atoms in total. The molecule has 0 unspecified atom stereocenters. The molecule has 0 atom stereocenters. The summed E-state index contributed by atoms with van der Waals surface area (Å²) in [5, 5.41) is 5.12. The predicted octanol–water partition coefficient (Wildman–Crippen LogP) is 2.23. The zero-order valence-corrected chi connectivity index (χ0v) is 15.1. The van der Waals surface area contributed by atoms with Crippen molar-refractivity contribution < 1.29 is 13.2 Å². The summed E-state index contributed by atoms with van der Waals surface area (Å²) >= 11 is 1.32. The molecule has 1 aromatic heterocycles. The summed E-state index contributed by atoms with van der Waals surface area (Å²) in [6, 6.07) is 0. The van der Waals surface area contributed by atoms with Crippen molar-refractivity contribution in [2.45, 2.75) is 46.1 Å². The lowest BCUT2D eigenvalue weighted by Crippen LogP contribution is -2.30. The Morgan fingerprint density at radius 3 is 2.59 bits per heavy atom. The van der Waals surface area contributed by atoms with Crippen molar-refractivity contribution in [1.29, 1.82) is 0 Å². The van der Waals surface area contributed by atoms with Gasteiger partial charge in [0.15, 0.2) is 0 Å². The van der Waals surface area contributed by atoms with Crippen LogP contribution in [0.5, 0.6) is 0 Å². The Labute approximate surface area is 137 Å². The van der Waals surface area contributed by atoms with Crippen LogP contribution in [0.15, 0.2) is 5.38 Å². The molecule has 0 aromatic carbocycles. The Bertz CT molecular complexity index is 570. The summed E-state index contributed by atoms with van der Waals surface area (Å²) in [5.74, 6) is -0.199. The maximum atomic E-state index is 11.9. The Hall–Kier alpha value is -0.990. The molecule has 0 radical (unpaired) electrons. The molecule has 0 aliphatic rings. The molecule has 8 heteroatoms. The standard InChI is InChI=1S/C14H25N3O3S2/c1-4-6-8-15-14(18)12-11-21-13(16-12)10-17(9-7-5-2)22(3,19)20/h11H,4-10H2,1-3H3,(H,15,18). The zero-order chi connectivity index (χ0) is 16.6. The molecule has 0 spiro atoms. The summed E-state index contributed by atoms with van der Waals surface area (Å²) in [5.41, 5.74) is 0.361. The van der Waals surface area contributed by atoms with Crippen LogP contribution in [0.3, 0.4) is 0 Å². The Morgan fingerprint density at radius 1 is 1.32 bits per heavy atom. The van der Waals surface area contributed by atoms with Gasteiger partial charge in [0, 0.05) is 18.5 Å². The number of hydrogen-bond donors (Lipinski definition) is 1. The minimum atomic E-state index is -3.26. The second kappa shape index (κ2) is 9.22. The predicted molar refractivity (Wildman–Crippen MR) is 89.5 cm³/mol. The highest BCUT2D eigenvalue weighted by atomic mass is 32.2. The van der Waals surface area contributed by atoms with E-state index in [1.807, 2.05) is 6.92 Å². The van der Waals surface area contributed by atoms with Crippen LogP contribution in [0.1, 0.15) is 55.0 Å². The number of carbonyl (C=O) groups excluding carboxylic acids is 1. The minimum Gasteiger partial charge on any atom is -0.351 e. The number of carbonyl (C=O) groups is 1. The van der Waals surface area contributed by atoms with E-state index in [9.17, 15) is 13.2 Å². The minimum absolute atomic E-state index is 0.199. The van der Waals surface area contributed by atoms with Gasteiger partial charge in [0.25, 0.3) is 5.91 Å². The van der Waals surface area contributed by atoms with Crippen LogP contribution in [-0.2, 0) is 16.6 Å². The lowest BCUT2D eigenvalue weighted by Gasteiger charge is -2.18. The van der Waals surface area contributed by atoms with E-state index in [4.69, 9.17) is 0 Å². The number of amides is 1. The first-order valence-electron chi connectivity index (χ1n) is 7.56. The molecule has 1 N–H and O–H groups in total. The van der Waals surface area contributed by atoms with Crippen molar-refractivity contribution in [2.24, 2.45) is 0 Å². The van der Waals surface area contributed by atoms with Crippen LogP contribution in [0, 0.1) is 0 Å². The van der Waals surface area contributed by atoms with Gasteiger partial charge in [0.2, 0.25) is 10.0 Å². The second-order valence-electron chi connectivity index (χ2n) is 5.19. The fourth-order valence-corrected chi connectivity index (χ4v) is 3.49. The topological polar surface area (TPSA) is 79.4 Å². The van der Waals surface area contributed by atoms with Gasteiger partial charge in [0.1, 0.15) is 10.7 Å².